The van der Waals surface area contributed by atoms with Gasteiger partial charge < -0.3 is 19.3 Å². The summed E-state index contributed by atoms with van der Waals surface area (Å²) < 4.78 is 17.0. The van der Waals surface area contributed by atoms with E-state index in [2.05, 4.69) is 13.5 Å². The molecule has 4 aliphatic rings. The number of esters is 1. The summed E-state index contributed by atoms with van der Waals surface area (Å²) in [4.78, 5) is 11.8. The number of epoxide rings is 2. The van der Waals surface area contributed by atoms with E-state index in [4.69, 9.17) is 14.2 Å². The Balaban J connectivity index is 1.66. The molecule has 4 fully saturated rings. The highest BCUT2D eigenvalue weighted by Gasteiger charge is 2.66. The Morgan fingerprint density at radius 1 is 1.35 bits per heavy atom. The largest absolute Gasteiger partial charge is 0.455 e. The van der Waals surface area contributed by atoms with E-state index in [9.17, 15) is 9.90 Å². The summed E-state index contributed by atoms with van der Waals surface area (Å²) in [5.41, 5.74) is -0.273. The monoisotopic (exact) mass is 280 g/mol. The highest BCUT2D eigenvalue weighted by molar-refractivity contribution is 5.91. The fraction of sp³-hybridized carbons (Fsp3) is 0.800. The zero-order chi connectivity index (χ0) is 14.3. The summed E-state index contributed by atoms with van der Waals surface area (Å²) >= 11 is 0. The smallest absolute Gasteiger partial charge is 0.334 e. The Kier molecular flexibility index (Phi) is 2.33. The van der Waals surface area contributed by atoms with Crippen molar-refractivity contribution in [1.29, 1.82) is 0 Å². The number of rotatable bonds is 0. The molecule has 3 heterocycles. The van der Waals surface area contributed by atoms with E-state index in [0.717, 1.165) is 12.8 Å². The minimum Gasteiger partial charge on any atom is -0.455 e. The highest BCUT2D eigenvalue weighted by atomic mass is 16.7. The maximum Gasteiger partial charge on any atom is 0.334 e. The zero-order valence-corrected chi connectivity index (χ0v) is 11.8. The van der Waals surface area contributed by atoms with E-state index in [1.807, 2.05) is 6.92 Å². The van der Waals surface area contributed by atoms with Gasteiger partial charge in [0, 0.05) is 11.5 Å². The van der Waals surface area contributed by atoms with Crippen molar-refractivity contribution in [3.8, 4) is 0 Å². The number of fused-ring (bicyclic) bond motifs is 4. The predicted molar refractivity (Wildman–Crippen MR) is 68.9 cm³/mol. The van der Waals surface area contributed by atoms with Crippen molar-refractivity contribution in [3.63, 3.8) is 0 Å². The van der Waals surface area contributed by atoms with Crippen LogP contribution in [0.25, 0.3) is 0 Å². The van der Waals surface area contributed by atoms with Crippen molar-refractivity contribution in [3.05, 3.63) is 12.2 Å². The number of aliphatic hydroxyl groups excluding tert-OH is 1. The lowest BCUT2D eigenvalue weighted by molar-refractivity contribution is -0.140. The van der Waals surface area contributed by atoms with Gasteiger partial charge in [0.2, 0.25) is 0 Å². The van der Waals surface area contributed by atoms with Crippen molar-refractivity contribution in [2.45, 2.75) is 68.7 Å². The predicted octanol–water partition coefficient (Wildman–Crippen LogP) is 0.944. The molecule has 0 spiro atoms. The van der Waals surface area contributed by atoms with Crippen molar-refractivity contribution in [2.75, 3.05) is 0 Å². The third-order valence-electron chi connectivity index (χ3n) is 5.61. The van der Waals surface area contributed by atoms with Crippen molar-refractivity contribution >= 4 is 5.97 Å². The minimum atomic E-state index is -0.602. The highest BCUT2D eigenvalue weighted by Crippen LogP contribution is 2.54. The summed E-state index contributed by atoms with van der Waals surface area (Å²) in [5.74, 6) is -0.535. The first-order valence-electron chi connectivity index (χ1n) is 7.29. The van der Waals surface area contributed by atoms with Crippen LogP contribution in [0.1, 0.15) is 33.1 Å². The number of aliphatic hydroxyl groups is 1. The second-order valence-corrected chi connectivity index (χ2v) is 6.93. The van der Waals surface area contributed by atoms with E-state index >= 15 is 0 Å². The zero-order valence-electron chi connectivity index (χ0n) is 11.8. The third-order valence-corrected chi connectivity index (χ3v) is 5.61. The molecule has 7 atom stereocenters. The molecule has 0 radical (unpaired) electrons. The van der Waals surface area contributed by atoms with Crippen molar-refractivity contribution < 1.29 is 24.1 Å². The van der Waals surface area contributed by atoms with E-state index in [0.29, 0.717) is 12.0 Å². The molecule has 20 heavy (non-hydrogen) atoms. The van der Waals surface area contributed by atoms with E-state index in [1.54, 1.807) is 0 Å². The molecule has 110 valence electrons. The second kappa shape index (κ2) is 3.64. The summed E-state index contributed by atoms with van der Waals surface area (Å²) in [6.45, 7) is 7.83. The van der Waals surface area contributed by atoms with Gasteiger partial charge in [-0.2, -0.15) is 0 Å². The fourth-order valence-electron chi connectivity index (χ4n) is 3.86. The molecule has 5 heteroatoms. The molecule has 1 aliphatic carbocycles. The van der Waals surface area contributed by atoms with Gasteiger partial charge in [-0.15, -0.1) is 0 Å². The Morgan fingerprint density at radius 2 is 2.10 bits per heavy atom. The summed E-state index contributed by atoms with van der Waals surface area (Å²) in [5, 5.41) is 10.4. The molecule has 0 bridgehead atoms. The van der Waals surface area contributed by atoms with Crippen LogP contribution in [0.15, 0.2) is 12.2 Å². The van der Waals surface area contributed by atoms with Crippen LogP contribution in [-0.2, 0) is 19.0 Å². The van der Waals surface area contributed by atoms with Gasteiger partial charge in [-0.25, -0.2) is 4.79 Å². The quantitative estimate of drug-likeness (QED) is 0.406. The average molecular weight is 280 g/mol. The Morgan fingerprint density at radius 3 is 2.85 bits per heavy atom. The molecule has 0 aromatic carbocycles. The Hall–Kier alpha value is -0.910. The van der Waals surface area contributed by atoms with Gasteiger partial charge in [0.25, 0.3) is 0 Å². The number of hydrogen-bond donors (Lipinski definition) is 1. The first-order valence-corrected chi connectivity index (χ1v) is 7.29. The first-order chi connectivity index (χ1) is 9.35. The molecule has 4 rings (SSSR count). The van der Waals surface area contributed by atoms with Gasteiger partial charge in [-0.1, -0.05) is 6.58 Å². The molecule has 3 aliphatic heterocycles. The molecule has 1 N–H and O–H groups in total. The summed E-state index contributed by atoms with van der Waals surface area (Å²) in [6, 6.07) is 0. The van der Waals surface area contributed by atoms with Gasteiger partial charge in [0.1, 0.15) is 17.8 Å². The minimum absolute atomic E-state index is 0.0778. The normalized spacial score (nSPS) is 57.2. The maximum atomic E-state index is 11.8. The lowest BCUT2D eigenvalue weighted by Crippen LogP contribution is -2.37. The molecule has 3 saturated heterocycles. The molecule has 0 aromatic rings. The SMILES string of the molecule is C=C1C(=O)O[C@@H]2[C@H]3O[C@]3(C)CC[C@H]3O[C@]3(C)[C@H](O)C[C@@H]12. The summed E-state index contributed by atoms with van der Waals surface area (Å²) in [6.07, 6.45) is 1.26. The van der Waals surface area contributed by atoms with Crippen molar-refractivity contribution in [1.82, 2.24) is 0 Å². The standard InChI is InChI=1S/C15H20O5/c1-7-8-6-9(16)15(3)10(19-15)4-5-14(2)12(20-14)11(8)18-13(7)17/h8-12,16H,1,4-6H2,2-3H3/t8-,9+,10+,11-,12+,14+,15+/m0/s1. The van der Waals surface area contributed by atoms with Crippen LogP contribution < -0.4 is 0 Å². The van der Waals surface area contributed by atoms with E-state index in [-0.39, 0.29) is 35.8 Å². The number of carbonyl (C=O) groups is 1. The van der Waals surface area contributed by atoms with Crippen LogP contribution in [0.4, 0.5) is 0 Å². The maximum absolute atomic E-state index is 11.8. The van der Waals surface area contributed by atoms with E-state index in [1.165, 1.54) is 0 Å². The lowest BCUT2D eigenvalue weighted by Gasteiger charge is -2.24. The molecule has 1 saturated carbocycles. The molecule has 0 aromatic heterocycles. The number of ether oxygens (including phenoxy) is 3. The van der Waals surface area contributed by atoms with Gasteiger partial charge >= 0.3 is 5.97 Å². The second-order valence-electron chi connectivity index (χ2n) is 6.93. The van der Waals surface area contributed by atoms with Crippen molar-refractivity contribution in [2.24, 2.45) is 5.92 Å². The number of carbonyl (C=O) groups excluding carboxylic acids is 1. The fourth-order valence-corrected chi connectivity index (χ4v) is 3.86. The molecular weight excluding hydrogens is 260 g/mol. The van der Waals surface area contributed by atoms with Gasteiger partial charge in [0.05, 0.1) is 17.8 Å². The van der Waals surface area contributed by atoms with Crippen LogP contribution in [0.3, 0.4) is 0 Å². The molecular formula is C15H20O5. The number of hydrogen-bond acceptors (Lipinski definition) is 5. The van der Waals surface area contributed by atoms with Crippen LogP contribution >= 0.6 is 0 Å². The summed E-state index contributed by atoms with van der Waals surface area (Å²) in [7, 11) is 0. The molecule has 5 nitrogen and oxygen atoms in total. The molecule has 0 amide bonds. The van der Waals surface area contributed by atoms with Crippen LogP contribution in [0.2, 0.25) is 0 Å². The molecule has 0 unspecified atom stereocenters. The Bertz CT molecular complexity index is 502. The lowest BCUT2D eigenvalue weighted by atomic mass is 9.80. The average Bonchev–Trinajstić information content (AvgIpc) is 3.23. The van der Waals surface area contributed by atoms with Crippen LogP contribution in [0.5, 0.6) is 0 Å². The van der Waals surface area contributed by atoms with E-state index < -0.39 is 11.7 Å². The van der Waals surface area contributed by atoms with Gasteiger partial charge in [0.15, 0.2) is 0 Å². The van der Waals surface area contributed by atoms with Crippen LogP contribution in [-0.4, -0.2) is 46.7 Å². The Labute approximate surface area is 117 Å². The topological polar surface area (TPSA) is 71.6 Å². The first kappa shape index (κ1) is 12.8. The van der Waals surface area contributed by atoms with Crippen LogP contribution in [0, 0.1) is 5.92 Å². The van der Waals surface area contributed by atoms with Gasteiger partial charge in [-0.05, 0) is 33.1 Å². The third kappa shape index (κ3) is 1.57. The van der Waals surface area contributed by atoms with Gasteiger partial charge in [-0.3, -0.25) is 0 Å².